The van der Waals surface area contributed by atoms with E-state index in [0.717, 1.165) is 12.0 Å². The first-order valence-corrected chi connectivity index (χ1v) is 8.16. The minimum Gasteiger partial charge on any atom is -0.480 e. The lowest BCUT2D eigenvalue weighted by atomic mass is 10.1. The Morgan fingerprint density at radius 2 is 2.08 bits per heavy atom. The zero-order chi connectivity index (χ0) is 18.4. The number of carbonyl (C=O) groups is 2. The van der Waals surface area contributed by atoms with Crippen LogP contribution in [0.3, 0.4) is 0 Å². The number of nitrogens with one attached hydrogen (secondary N) is 3. The number of H-pyrrole nitrogens is 1. The van der Waals surface area contributed by atoms with Gasteiger partial charge in [-0.15, -0.1) is 0 Å². The number of hydrogen-bond acceptors (Lipinski definition) is 5. The van der Waals surface area contributed by atoms with Crippen LogP contribution in [0.2, 0.25) is 0 Å². The van der Waals surface area contributed by atoms with Crippen molar-refractivity contribution in [2.24, 2.45) is 0 Å². The van der Waals surface area contributed by atoms with Gasteiger partial charge in [-0.2, -0.15) is 5.10 Å². The van der Waals surface area contributed by atoms with Crippen molar-refractivity contribution in [1.82, 2.24) is 20.5 Å². The van der Waals surface area contributed by atoms with Gasteiger partial charge in [0.15, 0.2) is 5.82 Å². The van der Waals surface area contributed by atoms with E-state index in [1.165, 1.54) is 0 Å². The first-order valence-electron chi connectivity index (χ1n) is 8.16. The van der Waals surface area contributed by atoms with Gasteiger partial charge in [-0.25, -0.2) is 4.98 Å². The Labute approximate surface area is 146 Å². The predicted molar refractivity (Wildman–Crippen MR) is 94.3 cm³/mol. The molecule has 0 saturated heterocycles. The molecule has 0 fully saturated rings. The first-order chi connectivity index (χ1) is 11.9. The van der Waals surface area contributed by atoms with Gasteiger partial charge < -0.3 is 10.4 Å². The van der Waals surface area contributed by atoms with E-state index >= 15 is 0 Å². The Morgan fingerprint density at radius 1 is 1.32 bits per heavy atom. The van der Waals surface area contributed by atoms with Gasteiger partial charge in [0, 0.05) is 5.56 Å². The minimum absolute atomic E-state index is 0.0859. The fraction of sp³-hybridized carbons (Fsp3) is 0.412. The molecule has 2 rings (SSSR count). The number of hydrogen-bond donors (Lipinski definition) is 4. The second-order valence-electron chi connectivity index (χ2n) is 5.90. The third kappa shape index (κ3) is 5.12. The summed E-state index contributed by atoms with van der Waals surface area (Å²) in [7, 11) is 0. The van der Waals surface area contributed by atoms with Crippen molar-refractivity contribution in [3.8, 4) is 11.4 Å². The van der Waals surface area contributed by atoms with Crippen molar-refractivity contribution >= 4 is 17.6 Å². The highest BCUT2D eigenvalue weighted by Gasteiger charge is 2.18. The van der Waals surface area contributed by atoms with Gasteiger partial charge in [-0.05, 0) is 38.0 Å². The van der Waals surface area contributed by atoms with Crippen LogP contribution in [-0.4, -0.2) is 44.8 Å². The molecule has 0 aliphatic rings. The summed E-state index contributed by atoms with van der Waals surface area (Å²) in [4.78, 5) is 27.6. The van der Waals surface area contributed by atoms with E-state index in [1.54, 1.807) is 6.92 Å². The number of benzene rings is 1. The van der Waals surface area contributed by atoms with Crippen LogP contribution in [0.1, 0.15) is 31.2 Å². The number of rotatable bonds is 8. The summed E-state index contributed by atoms with van der Waals surface area (Å²) in [5, 5.41) is 21.6. The van der Waals surface area contributed by atoms with E-state index in [1.807, 2.05) is 32.0 Å². The number of aromatic nitrogens is 3. The van der Waals surface area contributed by atoms with Gasteiger partial charge in [-0.3, -0.25) is 20.0 Å². The molecule has 1 atom stereocenters. The molecule has 4 N–H and O–H groups in total. The van der Waals surface area contributed by atoms with E-state index < -0.39 is 12.0 Å². The highest BCUT2D eigenvalue weighted by molar-refractivity contribution is 5.96. The Bertz CT molecular complexity index is 756. The summed E-state index contributed by atoms with van der Waals surface area (Å²) in [6, 6.07) is 4.86. The fourth-order valence-corrected chi connectivity index (χ4v) is 2.43. The summed E-state index contributed by atoms with van der Waals surface area (Å²) >= 11 is 0. The number of carboxylic acid groups (broad SMARTS) is 1. The van der Waals surface area contributed by atoms with Gasteiger partial charge in [0.1, 0.15) is 11.9 Å². The maximum Gasteiger partial charge on any atom is 0.320 e. The molecular formula is C17H23N5O3. The topological polar surface area (TPSA) is 120 Å². The van der Waals surface area contributed by atoms with Crippen LogP contribution in [0.5, 0.6) is 0 Å². The van der Waals surface area contributed by atoms with Gasteiger partial charge in [0.25, 0.3) is 0 Å². The molecule has 1 aromatic heterocycles. The van der Waals surface area contributed by atoms with E-state index in [9.17, 15) is 9.59 Å². The van der Waals surface area contributed by atoms with E-state index in [-0.39, 0.29) is 12.5 Å². The van der Waals surface area contributed by atoms with Crippen LogP contribution in [0.4, 0.5) is 5.69 Å². The number of anilines is 1. The summed E-state index contributed by atoms with van der Waals surface area (Å²) in [5.74, 6) is -0.0999. The number of carboxylic acids is 1. The molecule has 0 saturated carbocycles. The molecule has 8 heteroatoms. The zero-order valence-electron chi connectivity index (χ0n) is 14.6. The van der Waals surface area contributed by atoms with Gasteiger partial charge in [0.05, 0.1) is 12.2 Å². The van der Waals surface area contributed by atoms with Crippen LogP contribution in [-0.2, 0) is 9.59 Å². The standard InChI is InChI=1S/C17H23N5O3/c1-4-5-13(17(24)25)18-9-15(23)20-14-8-10(2)6-7-12(14)16-19-11(3)21-22-16/h6-8,13,18H,4-5,9H2,1-3H3,(H,20,23)(H,24,25)(H,19,21,22). The molecular weight excluding hydrogens is 322 g/mol. The number of amides is 1. The number of carbonyl (C=O) groups excluding carboxylic acids is 1. The molecule has 1 heterocycles. The average molecular weight is 345 g/mol. The molecule has 0 aliphatic heterocycles. The Morgan fingerprint density at radius 3 is 2.68 bits per heavy atom. The van der Waals surface area contributed by atoms with Crippen LogP contribution >= 0.6 is 0 Å². The van der Waals surface area contributed by atoms with Gasteiger partial charge >= 0.3 is 5.97 Å². The molecule has 1 amide bonds. The van der Waals surface area contributed by atoms with Crippen molar-refractivity contribution in [2.75, 3.05) is 11.9 Å². The molecule has 8 nitrogen and oxygen atoms in total. The summed E-state index contributed by atoms with van der Waals surface area (Å²) in [6.45, 7) is 5.53. The molecule has 0 bridgehead atoms. The Kier molecular flexibility index (Phi) is 6.24. The number of nitrogens with zero attached hydrogens (tertiary/aromatic N) is 2. The second-order valence-corrected chi connectivity index (χ2v) is 5.90. The molecule has 0 radical (unpaired) electrons. The Balaban J connectivity index is 2.10. The fourth-order valence-electron chi connectivity index (χ4n) is 2.43. The number of aryl methyl sites for hydroxylation is 2. The van der Waals surface area contributed by atoms with E-state index in [0.29, 0.717) is 29.3 Å². The minimum atomic E-state index is -0.956. The molecule has 25 heavy (non-hydrogen) atoms. The monoisotopic (exact) mass is 345 g/mol. The number of aliphatic carboxylic acids is 1. The van der Waals surface area contributed by atoms with Crippen molar-refractivity contribution in [2.45, 2.75) is 39.7 Å². The molecule has 2 aromatic rings. The van der Waals surface area contributed by atoms with Gasteiger partial charge in [-0.1, -0.05) is 19.4 Å². The SMILES string of the molecule is CCCC(NCC(=O)Nc1cc(C)ccc1-c1n[nH]c(C)n1)C(=O)O. The largest absolute Gasteiger partial charge is 0.480 e. The maximum atomic E-state index is 12.2. The average Bonchev–Trinajstić information content (AvgIpc) is 2.97. The predicted octanol–water partition coefficient (Wildman–Crippen LogP) is 1.87. The lowest BCUT2D eigenvalue weighted by Gasteiger charge is -2.14. The van der Waals surface area contributed by atoms with Crippen molar-refractivity contribution in [1.29, 1.82) is 0 Å². The molecule has 1 unspecified atom stereocenters. The van der Waals surface area contributed by atoms with Crippen molar-refractivity contribution in [3.05, 3.63) is 29.6 Å². The highest BCUT2D eigenvalue weighted by Crippen LogP contribution is 2.26. The molecule has 1 aromatic carbocycles. The van der Waals surface area contributed by atoms with Crippen molar-refractivity contribution in [3.63, 3.8) is 0 Å². The zero-order valence-corrected chi connectivity index (χ0v) is 14.6. The van der Waals surface area contributed by atoms with Crippen LogP contribution in [0.25, 0.3) is 11.4 Å². The Hall–Kier alpha value is -2.74. The smallest absolute Gasteiger partial charge is 0.320 e. The maximum absolute atomic E-state index is 12.2. The lowest BCUT2D eigenvalue weighted by Crippen LogP contribution is -2.41. The molecule has 0 spiro atoms. The summed E-state index contributed by atoms with van der Waals surface area (Å²) in [6.07, 6.45) is 1.19. The van der Waals surface area contributed by atoms with Crippen molar-refractivity contribution < 1.29 is 14.7 Å². The first kappa shape index (κ1) is 18.6. The molecule has 134 valence electrons. The van der Waals surface area contributed by atoms with E-state index in [4.69, 9.17) is 5.11 Å². The number of aromatic amines is 1. The van der Waals surface area contributed by atoms with Crippen LogP contribution in [0.15, 0.2) is 18.2 Å². The third-order valence-electron chi connectivity index (χ3n) is 3.67. The third-order valence-corrected chi connectivity index (χ3v) is 3.67. The second kappa shape index (κ2) is 8.39. The summed E-state index contributed by atoms with van der Waals surface area (Å²) in [5.41, 5.74) is 2.27. The van der Waals surface area contributed by atoms with Crippen LogP contribution < -0.4 is 10.6 Å². The normalized spacial score (nSPS) is 12.0. The molecule has 0 aliphatic carbocycles. The lowest BCUT2D eigenvalue weighted by molar-refractivity contribution is -0.139. The van der Waals surface area contributed by atoms with Crippen LogP contribution in [0, 0.1) is 13.8 Å². The highest BCUT2D eigenvalue weighted by atomic mass is 16.4. The van der Waals surface area contributed by atoms with Gasteiger partial charge in [0.2, 0.25) is 5.91 Å². The van der Waals surface area contributed by atoms with E-state index in [2.05, 4.69) is 25.8 Å². The summed E-state index contributed by atoms with van der Waals surface area (Å²) < 4.78 is 0. The quantitative estimate of drug-likeness (QED) is 0.580.